The molecule has 0 saturated carbocycles. The summed E-state index contributed by atoms with van der Waals surface area (Å²) in [6.45, 7) is 1.55. The highest BCUT2D eigenvalue weighted by Gasteiger charge is 2.35. The second-order valence-corrected chi connectivity index (χ2v) is 7.02. The Morgan fingerprint density at radius 2 is 2.11 bits per heavy atom. The highest BCUT2D eigenvalue weighted by molar-refractivity contribution is 6.30. The first-order valence-corrected chi connectivity index (χ1v) is 9.16. The molecule has 7 nitrogen and oxygen atoms in total. The van der Waals surface area contributed by atoms with Gasteiger partial charge in [-0.1, -0.05) is 23.7 Å². The predicted octanol–water partition coefficient (Wildman–Crippen LogP) is 2.04. The van der Waals surface area contributed by atoms with Crippen molar-refractivity contribution in [2.45, 2.75) is 12.5 Å². The summed E-state index contributed by atoms with van der Waals surface area (Å²) in [6.07, 6.45) is 2.15. The van der Waals surface area contributed by atoms with Crippen molar-refractivity contribution in [3.05, 3.63) is 59.0 Å². The number of carbonyl (C=O) groups excluding carboxylic acids is 2. The van der Waals surface area contributed by atoms with Crippen LogP contribution in [-0.2, 0) is 9.59 Å². The van der Waals surface area contributed by atoms with Crippen LogP contribution in [0.3, 0.4) is 0 Å². The van der Waals surface area contributed by atoms with Gasteiger partial charge in [-0.2, -0.15) is 5.10 Å². The van der Waals surface area contributed by atoms with E-state index in [2.05, 4.69) is 10.4 Å². The van der Waals surface area contributed by atoms with E-state index in [-0.39, 0.29) is 30.9 Å². The third kappa shape index (κ3) is 3.89. The van der Waals surface area contributed by atoms with Crippen molar-refractivity contribution in [3.8, 4) is 0 Å². The molecule has 1 saturated heterocycles. The van der Waals surface area contributed by atoms with Gasteiger partial charge in [0.15, 0.2) is 0 Å². The largest absolute Gasteiger partial charge is 0.467 e. The van der Waals surface area contributed by atoms with E-state index in [4.69, 9.17) is 16.0 Å². The molecule has 0 radical (unpaired) electrons. The molecule has 1 fully saturated rings. The lowest BCUT2D eigenvalue weighted by Crippen LogP contribution is -2.50. The molecule has 2 amide bonds. The molecule has 2 aliphatic heterocycles. The van der Waals surface area contributed by atoms with Gasteiger partial charge in [0.05, 0.1) is 25.1 Å². The molecule has 0 unspecified atom stereocenters. The summed E-state index contributed by atoms with van der Waals surface area (Å²) in [6, 6.07) is 10.7. The normalized spacial score (nSPS) is 20.5. The van der Waals surface area contributed by atoms with Crippen LogP contribution in [0.4, 0.5) is 0 Å². The first-order valence-electron chi connectivity index (χ1n) is 8.78. The molecule has 2 aromatic rings. The monoisotopic (exact) mass is 386 g/mol. The average molecular weight is 387 g/mol. The van der Waals surface area contributed by atoms with Gasteiger partial charge in [0, 0.05) is 24.5 Å². The van der Waals surface area contributed by atoms with Gasteiger partial charge in [-0.25, -0.2) is 5.01 Å². The minimum absolute atomic E-state index is 0.0663. The number of piperazine rings is 1. The highest BCUT2D eigenvalue weighted by Crippen LogP contribution is 2.33. The third-order valence-electron chi connectivity index (χ3n) is 4.69. The van der Waals surface area contributed by atoms with Gasteiger partial charge in [0.2, 0.25) is 5.91 Å². The Balaban J connectivity index is 1.56. The van der Waals surface area contributed by atoms with Gasteiger partial charge < -0.3 is 9.73 Å². The van der Waals surface area contributed by atoms with Crippen molar-refractivity contribution in [2.75, 3.05) is 26.2 Å². The summed E-state index contributed by atoms with van der Waals surface area (Å²) in [7, 11) is 0. The van der Waals surface area contributed by atoms with Gasteiger partial charge in [0.1, 0.15) is 11.8 Å². The van der Waals surface area contributed by atoms with Crippen LogP contribution in [0.15, 0.2) is 52.2 Å². The topological polar surface area (TPSA) is 78.2 Å². The van der Waals surface area contributed by atoms with Gasteiger partial charge in [-0.05, 0) is 29.8 Å². The smallest absolute Gasteiger partial charge is 0.257 e. The van der Waals surface area contributed by atoms with E-state index in [1.165, 1.54) is 5.01 Å². The Kier molecular flexibility index (Phi) is 4.96. The zero-order valence-corrected chi connectivity index (χ0v) is 15.4. The van der Waals surface area contributed by atoms with Gasteiger partial charge in [-0.3, -0.25) is 14.5 Å². The summed E-state index contributed by atoms with van der Waals surface area (Å²) in [5.74, 6) is 0.464. The summed E-state index contributed by atoms with van der Waals surface area (Å²) in [5, 5.41) is 9.47. The number of hydrazone groups is 1. The fourth-order valence-corrected chi connectivity index (χ4v) is 3.48. The number of benzene rings is 1. The zero-order valence-electron chi connectivity index (χ0n) is 14.6. The van der Waals surface area contributed by atoms with Crippen molar-refractivity contribution < 1.29 is 14.0 Å². The maximum atomic E-state index is 12.9. The van der Waals surface area contributed by atoms with Crippen LogP contribution >= 0.6 is 11.6 Å². The molecule has 4 rings (SSSR count). The van der Waals surface area contributed by atoms with Crippen LogP contribution < -0.4 is 5.32 Å². The number of furan rings is 1. The number of hydrogen-bond acceptors (Lipinski definition) is 5. The van der Waals surface area contributed by atoms with Gasteiger partial charge in [0.25, 0.3) is 5.91 Å². The Hall–Kier alpha value is -2.64. The van der Waals surface area contributed by atoms with Crippen LogP contribution in [0.1, 0.15) is 23.8 Å². The first-order chi connectivity index (χ1) is 13.1. The number of rotatable bonds is 4. The molecule has 0 spiro atoms. The molecular formula is C19H19ClN4O3. The summed E-state index contributed by atoms with van der Waals surface area (Å²) >= 11 is 5.97. The molecule has 1 atom stereocenters. The van der Waals surface area contributed by atoms with Gasteiger partial charge in [-0.15, -0.1) is 0 Å². The SMILES string of the molecule is O=C1CN(CC(=O)N2N=C(c3ccc(Cl)cc3)C[C@@H]2c2ccco2)CCN1. The van der Waals surface area contributed by atoms with Gasteiger partial charge >= 0.3 is 0 Å². The number of carbonyl (C=O) groups is 2. The molecule has 0 aliphatic carbocycles. The number of nitrogens with zero attached hydrogens (tertiary/aromatic N) is 3. The quantitative estimate of drug-likeness (QED) is 0.872. The Labute approximate surface area is 161 Å². The van der Waals surface area contributed by atoms with Crippen molar-refractivity contribution in [3.63, 3.8) is 0 Å². The maximum Gasteiger partial charge on any atom is 0.257 e. The van der Waals surface area contributed by atoms with Crippen LogP contribution in [0, 0.1) is 0 Å². The average Bonchev–Trinajstić information content (AvgIpc) is 3.32. The maximum absolute atomic E-state index is 12.9. The Bertz CT molecular complexity index is 864. The Morgan fingerprint density at radius 3 is 2.81 bits per heavy atom. The standard InChI is InChI=1S/C19H19ClN4O3/c20-14-5-3-13(4-6-14)15-10-16(17-2-1-9-27-17)24(22-15)19(26)12-23-8-7-21-18(25)11-23/h1-6,9,16H,7-8,10-12H2,(H,21,25)/t16-/m1/s1. The van der Waals surface area contributed by atoms with E-state index >= 15 is 0 Å². The second-order valence-electron chi connectivity index (χ2n) is 6.59. The summed E-state index contributed by atoms with van der Waals surface area (Å²) in [5.41, 5.74) is 1.72. The van der Waals surface area contributed by atoms with Crippen LogP contribution in [0.5, 0.6) is 0 Å². The molecule has 140 valence electrons. The summed E-state index contributed by atoms with van der Waals surface area (Å²) in [4.78, 5) is 26.3. The zero-order chi connectivity index (χ0) is 18.8. The molecule has 1 aromatic carbocycles. The Morgan fingerprint density at radius 1 is 1.30 bits per heavy atom. The number of nitrogens with one attached hydrogen (secondary N) is 1. The number of amides is 2. The van der Waals surface area contributed by atoms with Crippen molar-refractivity contribution in [1.29, 1.82) is 0 Å². The van der Waals surface area contributed by atoms with Crippen LogP contribution in [0.2, 0.25) is 5.02 Å². The molecular weight excluding hydrogens is 368 g/mol. The van der Waals surface area contributed by atoms with Crippen molar-refractivity contribution in [1.82, 2.24) is 15.2 Å². The van der Waals surface area contributed by atoms with E-state index in [9.17, 15) is 9.59 Å². The summed E-state index contributed by atoms with van der Waals surface area (Å²) < 4.78 is 5.54. The lowest BCUT2D eigenvalue weighted by Gasteiger charge is -2.28. The van der Waals surface area contributed by atoms with Crippen molar-refractivity contribution in [2.24, 2.45) is 5.10 Å². The van der Waals surface area contributed by atoms with E-state index < -0.39 is 0 Å². The lowest BCUT2D eigenvalue weighted by molar-refractivity contribution is -0.135. The molecule has 27 heavy (non-hydrogen) atoms. The van der Waals surface area contributed by atoms with Crippen LogP contribution in [-0.4, -0.2) is 53.6 Å². The van der Waals surface area contributed by atoms with E-state index in [0.29, 0.717) is 30.3 Å². The molecule has 2 aliphatic rings. The first kappa shape index (κ1) is 17.8. The molecule has 3 heterocycles. The van der Waals surface area contributed by atoms with E-state index in [1.54, 1.807) is 24.5 Å². The van der Waals surface area contributed by atoms with E-state index in [0.717, 1.165) is 11.3 Å². The van der Waals surface area contributed by atoms with Crippen molar-refractivity contribution >= 4 is 29.1 Å². The molecule has 1 aromatic heterocycles. The predicted molar refractivity (Wildman–Crippen MR) is 100 cm³/mol. The van der Waals surface area contributed by atoms with Crippen LogP contribution in [0.25, 0.3) is 0 Å². The number of halogens is 1. The molecule has 1 N–H and O–H groups in total. The fraction of sp³-hybridized carbons (Fsp3) is 0.316. The van der Waals surface area contributed by atoms with E-state index in [1.807, 2.05) is 23.1 Å². The molecule has 8 heteroatoms. The lowest BCUT2D eigenvalue weighted by atomic mass is 10.0. The highest BCUT2D eigenvalue weighted by atomic mass is 35.5. The minimum atomic E-state index is -0.295. The fourth-order valence-electron chi connectivity index (χ4n) is 3.35. The minimum Gasteiger partial charge on any atom is -0.467 e. The molecule has 0 bridgehead atoms. The number of hydrogen-bond donors (Lipinski definition) is 1. The third-order valence-corrected chi connectivity index (χ3v) is 4.94. The second kappa shape index (κ2) is 7.54.